The van der Waals surface area contributed by atoms with Crippen molar-refractivity contribution < 1.29 is 28.2 Å². The molecule has 25 heavy (non-hydrogen) atoms. The largest absolute Gasteiger partial charge is 0.493 e. The van der Waals surface area contributed by atoms with E-state index in [4.69, 9.17) is 21.1 Å². The molecule has 0 aliphatic heterocycles. The molecule has 1 N–H and O–H groups in total. The fourth-order valence-electron chi connectivity index (χ4n) is 1.95. The maximum Gasteiger partial charge on any atom is 0.337 e. The number of carbonyl (C=O) groups excluding carboxylic acids is 2. The Bertz CT molecular complexity index is 797. The van der Waals surface area contributed by atoms with Gasteiger partial charge in [0.05, 0.1) is 25.5 Å². The summed E-state index contributed by atoms with van der Waals surface area (Å²) in [4.78, 5) is 23.4. The molecule has 0 aliphatic carbocycles. The van der Waals surface area contributed by atoms with Crippen molar-refractivity contribution in [3.05, 3.63) is 52.8 Å². The summed E-state index contributed by atoms with van der Waals surface area (Å²) in [6.07, 6.45) is 0. The van der Waals surface area contributed by atoms with Crippen LogP contribution in [-0.4, -0.2) is 32.7 Å². The number of benzene rings is 2. The Labute approximate surface area is 148 Å². The van der Waals surface area contributed by atoms with Gasteiger partial charge in [-0.2, -0.15) is 0 Å². The average molecular weight is 368 g/mol. The van der Waals surface area contributed by atoms with E-state index >= 15 is 0 Å². The highest BCUT2D eigenvalue weighted by Gasteiger charge is 2.13. The number of ether oxygens (including phenoxy) is 3. The Morgan fingerprint density at radius 2 is 1.88 bits per heavy atom. The summed E-state index contributed by atoms with van der Waals surface area (Å²) in [7, 11) is 2.66. The zero-order valence-electron chi connectivity index (χ0n) is 13.5. The third-order valence-corrected chi connectivity index (χ3v) is 3.38. The van der Waals surface area contributed by atoms with Gasteiger partial charge in [0.25, 0.3) is 5.91 Å². The Morgan fingerprint density at radius 3 is 2.52 bits per heavy atom. The van der Waals surface area contributed by atoms with E-state index in [9.17, 15) is 14.0 Å². The number of hydrogen-bond acceptors (Lipinski definition) is 5. The topological polar surface area (TPSA) is 73.9 Å². The van der Waals surface area contributed by atoms with Crippen molar-refractivity contribution in [3.63, 3.8) is 0 Å². The third kappa shape index (κ3) is 4.84. The first-order chi connectivity index (χ1) is 11.9. The summed E-state index contributed by atoms with van der Waals surface area (Å²) in [5.74, 6) is -1.24. The smallest absolute Gasteiger partial charge is 0.337 e. The molecule has 0 radical (unpaired) electrons. The van der Waals surface area contributed by atoms with E-state index in [2.05, 4.69) is 10.1 Å². The molecule has 0 spiro atoms. The van der Waals surface area contributed by atoms with Crippen LogP contribution in [0, 0.1) is 5.82 Å². The molecule has 2 rings (SSSR count). The molecule has 0 heterocycles. The number of anilines is 1. The normalized spacial score (nSPS) is 10.1. The van der Waals surface area contributed by atoms with Crippen molar-refractivity contribution in [3.8, 4) is 11.5 Å². The van der Waals surface area contributed by atoms with E-state index < -0.39 is 17.7 Å². The lowest BCUT2D eigenvalue weighted by atomic mass is 10.2. The van der Waals surface area contributed by atoms with E-state index in [1.165, 1.54) is 44.6 Å². The van der Waals surface area contributed by atoms with Crippen molar-refractivity contribution in [2.24, 2.45) is 0 Å². The van der Waals surface area contributed by atoms with Crippen molar-refractivity contribution in [1.82, 2.24) is 0 Å². The molecule has 0 saturated heterocycles. The summed E-state index contributed by atoms with van der Waals surface area (Å²) in [6, 6.07) is 8.27. The van der Waals surface area contributed by atoms with Gasteiger partial charge in [-0.25, -0.2) is 9.18 Å². The monoisotopic (exact) mass is 367 g/mol. The molecular formula is C17H15ClFNO5. The average Bonchev–Trinajstić information content (AvgIpc) is 2.61. The summed E-state index contributed by atoms with van der Waals surface area (Å²) < 4.78 is 28.7. The minimum atomic E-state index is -0.652. The van der Waals surface area contributed by atoms with Crippen LogP contribution < -0.4 is 14.8 Å². The van der Waals surface area contributed by atoms with Crippen molar-refractivity contribution in [2.45, 2.75) is 0 Å². The zero-order chi connectivity index (χ0) is 18.4. The Morgan fingerprint density at radius 1 is 1.12 bits per heavy atom. The van der Waals surface area contributed by atoms with E-state index in [1.54, 1.807) is 0 Å². The Hall–Kier alpha value is -2.80. The van der Waals surface area contributed by atoms with Crippen LogP contribution in [0.25, 0.3) is 0 Å². The fourth-order valence-corrected chi connectivity index (χ4v) is 2.11. The van der Waals surface area contributed by atoms with Crippen LogP contribution in [0.4, 0.5) is 10.1 Å². The standard InChI is InChI=1S/C17H15ClFNO5/c1-23-15-7-10(17(22)24-2)3-6-14(15)25-9-16(21)20-13-5-4-11(18)8-12(13)19/h3-8H,9H2,1-2H3,(H,20,21). The lowest BCUT2D eigenvalue weighted by Crippen LogP contribution is -2.21. The van der Waals surface area contributed by atoms with Crippen molar-refractivity contribution in [1.29, 1.82) is 0 Å². The van der Waals surface area contributed by atoms with Gasteiger partial charge in [0.15, 0.2) is 18.1 Å². The zero-order valence-corrected chi connectivity index (χ0v) is 14.2. The van der Waals surface area contributed by atoms with Crippen LogP contribution in [0.3, 0.4) is 0 Å². The lowest BCUT2D eigenvalue weighted by Gasteiger charge is -2.12. The molecular weight excluding hydrogens is 353 g/mol. The van der Waals surface area contributed by atoms with Gasteiger partial charge in [-0.3, -0.25) is 4.79 Å². The summed E-state index contributed by atoms with van der Waals surface area (Å²) in [6.45, 7) is -0.379. The second-order valence-electron chi connectivity index (χ2n) is 4.82. The molecule has 0 aliphatic rings. The first-order valence-corrected chi connectivity index (χ1v) is 7.46. The number of nitrogens with one attached hydrogen (secondary N) is 1. The van der Waals surface area contributed by atoms with Crippen LogP contribution in [0.15, 0.2) is 36.4 Å². The van der Waals surface area contributed by atoms with Gasteiger partial charge in [-0.1, -0.05) is 11.6 Å². The molecule has 0 bridgehead atoms. The third-order valence-electron chi connectivity index (χ3n) is 3.15. The van der Waals surface area contributed by atoms with Crippen LogP contribution in [0.1, 0.15) is 10.4 Å². The van der Waals surface area contributed by atoms with Gasteiger partial charge in [-0.15, -0.1) is 0 Å². The van der Waals surface area contributed by atoms with Crippen molar-refractivity contribution >= 4 is 29.2 Å². The van der Waals surface area contributed by atoms with Gasteiger partial charge in [0.1, 0.15) is 5.82 Å². The SMILES string of the molecule is COC(=O)c1ccc(OCC(=O)Nc2ccc(Cl)cc2F)c(OC)c1. The highest BCUT2D eigenvalue weighted by molar-refractivity contribution is 6.30. The highest BCUT2D eigenvalue weighted by Crippen LogP contribution is 2.28. The van der Waals surface area contributed by atoms with E-state index in [1.807, 2.05) is 0 Å². The molecule has 132 valence electrons. The number of rotatable bonds is 6. The van der Waals surface area contributed by atoms with Gasteiger partial charge in [-0.05, 0) is 36.4 Å². The molecule has 1 amide bonds. The van der Waals surface area contributed by atoms with E-state index in [-0.39, 0.29) is 34.4 Å². The minimum absolute atomic E-state index is 0.00833. The first-order valence-electron chi connectivity index (χ1n) is 7.08. The molecule has 0 fully saturated rings. The minimum Gasteiger partial charge on any atom is -0.493 e. The molecule has 0 atom stereocenters. The molecule has 0 aromatic heterocycles. The van der Waals surface area contributed by atoms with E-state index in [0.29, 0.717) is 0 Å². The number of methoxy groups -OCH3 is 2. The molecule has 0 unspecified atom stereocenters. The Balaban J connectivity index is 2.02. The fraction of sp³-hybridized carbons (Fsp3) is 0.176. The Kier molecular flexibility index (Phi) is 6.19. The second-order valence-corrected chi connectivity index (χ2v) is 5.25. The maximum absolute atomic E-state index is 13.6. The molecule has 6 nitrogen and oxygen atoms in total. The molecule has 2 aromatic rings. The van der Waals surface area contributed by atoms with E-state index in [0.717, 1.165) is 6.07 Å². The first kappa shape index (κ1) is 18.5. The van der Waals surface area contributed by atoms with Gasteiger partial charge in [0, 0.05) is 5.02 Å². The van der Waals surface area contributed by atoms with Gasteiger partial charge >= 0.3 is 5.97 Å². The van der Waals surface area contributed by atoms with Crippen LogP contribution >= 0.6 is 11.6 Å². The summed E-state index contributed by atoms with van der Waals surface area (Å²) in [5.41, 5.74) is 0.269. The predicted octanol–water partition coefficient (Wildman–Crippen LogP) is 3.29. The van der Waals surface area contributed by atoms with Gasteiger partial charge < -0.3 is 19.5 Å². The number of amides is 1. The number of carbonyl (C=O) groups is 2. The van der Waals surface area contributed by atoms with Crippen LogP contribution in [0.5, 0.6) is 11.5 Å². The summed E-state index contributed by atoms with van der Waals surface area (Å²) in [5, 5.41) is 2.60. The lowest BCUT2D eigenvalue weighted by molar-refractivity contribution is -0.118. The predicted molar refractivity (Wildman–Crippen MR) is 89.9 cm³/mol. The highest BCUT2D eigenvalue weighted by atomic mass is 35.5. The number of hydrogen-bond donors (Lipinski definition) is 1. The quantitative estimate of drug-likeness (QED) is 0.793. The second kappa shape index (κ2) is 8.34. The molecule has 2 aromatic carbocycles. The van der Waals surface area contributed by atoms with Crippen molar-refractivity contribution in [2.75, 3.05) is 26.1 Å². The molecule has 8 heteroatoms. The summed E-state index contributed by atoms with van der Waals surface area (Å²) >= 11 is 5.65. The van der Waals surface area contributed by atoms with Crippen LogP contribution in [-0.2, 0) is 9.53 Å². The molecule has 0 saturated carbocycles. The van der Waals surface area contributed by atoms with Gasteiger partial charge in [0.2, 0.25) is 0 Å². The van der Waals surface area contributed by atoms with Crippen LogP contribution in [0.2, 0.25) is 5.02 Å². The number of esters is 1. The number of halogens is 2. The maximum atomic E-state index is 13.6.